The summed E-state index contributed by atoms with van der Waals surface area (Å²) in [5, 5.41) is 3.64. The number of ether oxygens (including phenoxy) is 1. The molecule has 3 aliphatic rings. The molecule has 3 heterocycles. The van der Waals surface area contributed by atoms with Crippen LogP contribution in [0.25, 0.3) is 0 Å². The molecule has 1 aliphatic carbocycles. The second kappa shape index (κ2) is 9.25. The molecule has 194 valence electrons. The Morgan fingerprint density at radius 2 is 2.03 bits per heavy atom. The van der Waals surface area contributed by atoms with Crippen LogP contribution in [0.3, 0.4) is 0 Å². The molecule has 1 spiro atoms. The molecule has 4 atom stereocenters. The van der Waals surface area contributed by atoms with Gasteiger partial charge in [0.05, 0.1) is 24.1 Å². The lowest BCUT2D eigenvalue weighted by molar-refractivity contribution is -0.138. The minimum absolute atomic E-state index is 0.0253. The number of hydrogen-bond donors (Lipinski definition) is 1. The lowest BCUT2D eigenvalue weighted by atomic mass is 9.74. The monoisotopic (exact) mass is 502 g/mol. The van der Waals surface area contributed by atoms with Crippen molar-refractivity contribution in [1.82, 2.24) is 15.2 Å². The fraction of sp³-hybridized carbons (Fsp3) is 0.556. The Kier molecular flexibility index (Phi) is 6.39. The van der Waals surface area contributed by atoms with Gasteiger partial charge in [-0.25, -0.2) is 4.98 Å². The van der Waals surface area contributed by atoms with Crippen LogP contribution in [0.2, 0.25) is 0 Å². The lowest BCUT2D eigenvalue weighted by Crippen LogP contribution is -2.53. The summed E-state index contributed by atoms with van der Waals surface area (Å²) < 4.78 is 45.1. The molecule has 5 rings (SSSR count). The SMILES string of the molecule is COc1cc(CNC2CC[C@@]3(C2)C(=O)N2CCN(c4cc(C(F)(F)F)ccn4)CC2C3C)ccc1C. The van der Waals surface area contributed by atoms with Crippen molar-refractivity contribution in [2.75, 3.05) is 31.6 Å². The number of halogens is 3. The minimum atomic E-state index is -4.41. The summed E-state index contributed by atoms with van der Waals surface area (Å²) in [6, 6.07) is 8.52. The number of piperazine rings is 1. The first-order chi connectivity index (χ1) is 17.1. The quantitative estimate of drug-likeness (QED) is 0.657. The molecule has 1 N–H and O–H groups in total. The summed E-state index contributed by atoms with van der Waals surface area (Å²) in [6.07, 6.45) is -0.651. The zero-order valence-electron chi connectivity index (χ0n) is 20.9. The van der Waals surface area contributed by atoms with E-state index in [-0.39, 0.29) is 23.9 Å². The summed E-state index contributed by atoms with van der Waals surface area (Å²) in [4.78, 5) is 21.7. The predicted octanol–water partition coefficient (Wildman–Crippen LogP) is 4.41. The molecule has 2 aliphatic heterocycles. The highest BCUT2D eigenvalue weighted by atomic mass is 19.4. The molecule has 2 aromatic rings. The first-order valence-corrected chi connectivity index (χ1v) is 12.6. The standard InChI is InChI=1S/C27H33F3N4O2/c1-17-4-5-19(12-23(17)36-3)15-32-21-6-8-26(14-21)18(2)22-16-33(10-11-34(22)25(26)35)24-13-20(7-9-31-24)27(28,29)30/h4-5,7,9,12-13,18,21-22,32H,6,8,10-11,14-16H2,1-3H3/t18?,21?,22?,26-/m0/s1. The van der Waals surface area contributed by atoms with Gasteiger partial charge in [-0.2, -0.15) is 13.2 Å². The van der Waals surface area contributed by atoms with Gasteiger partial charge >= 0.3 is 6.18 Å². The first kappa shape index (κ1) is 24.9. The Morgan fingerprint density at radius 1 is 1.22 bits per heavy atom. The van der Waals surface area contributed by atoms with E-state index in [0.29, 0.717) is 32.0 Å². The van der Waals surface area contributed by atoms with Crippen molar-refractivity contribution < 1.29 is 22.7 Å². The highest BCUT2D eigenvalue weighted by Crippen LogP contribution is 2.53. The number of rotatable bonds is 5. The van der Waals surface area contributed by atoms with E-state index in [2.05, 4.69) is 29.4 Å². The third-order valence-corrected chi connectivity index (χ3v) is 8.57. The molecule has 36 heavy (non-hydrogen) atoms. The Morgan fingerprint density at radius 3 is 2.78 bits per heavy atom. The van der Waals surface area contributed by atoms with Crippen LogP contribution in [0.1, 0.15) is 42.9 Å². The largest absolute Gasteiger partial charge is 0.496 e. The van der Waals surface area contributed by atoms with E-state index in [0.717, 1.165) is 48.3 Å². The Hall–Kier alpha value is -2.81. The number of nitrogens with one attached hydrogen (secondary N) is 1. The smallest absolute Gasteiger partial charge is 0.416 e. The van der Waals surface area contributed by atoms with Crippen molar-refractivity contribution in [3.63, 3.8) is 0 Å². The maximum absolute atomic E-state index is 13.6. The third-order valence-electron chi connectivity index (χ3n) is 8.57. The molecule has 0 radical (unpaired) electrons. The highest BCUT2D eigenvalue weighted by Gasteiger charge is 2.60. The average molecular weight is 503 g/mol. The van der Waals surface area contributed by atoms with Crippen molar-refractivity contribution in [3.05, 3.63) is 53.2 Å². The second-order valence-corrected chi connectivity index (χ2v) is 10.5. The summed E-state index contributed by atoms with van der Waals surface area (Å²) in [6.45, 7) is 6.36. The molecule has 1 aromatic carbocycles. The number of carbonyl (C=O) groups excluding carboxylic acids is 1. The maximum atomic E-state index is 13.6. The van der Waals surface area contributed by atoms with Crippen molar-refractivity contribution in [1.29, 1.82) is 0 Å². The number of pyridine rings is 1. The van der Waals surface area contributed by atoms with Crippen LogP contribution in [-0.4, -0.2) is 54.6 Å². The number of aryl methyl sites for hydroxylation is 1. The van der Waals surface area contributed by atoms with Crippen molar-refractivity contribution in [3.8, 4) is 5.75 Å². The predicted molar refractivity (Wildman–Crippen MR) is 131 cm³/mol. The molecule has 2 saturated heterocycles. The Balaban J connectivity index is 1.26. The summed E-state index contributed by atoms with van der Waals surface area (Å²) in [7, 11) is 1.67. The van der Waals surface area contributed by atoms with Gasteiger partial charge in [0, 0.05) is 38.4 Å². The third kappa shape index (κ3) is 4.31. The fourth-order valence-electron chi connectivity index (χ4n) is 6.41. The van der Waals surface area contributed by atoms with Gasteiger partial charge in [0.15, 0.2) is 0 Å². The van der Waals surface area contributed by atoms with Crippen molar-refractivity contribution in [2.24, 2.45) is 11.3 Å². The topological polar surface area (TPSA) is 57.7 Å². The van der Waals surface area contributed by atoms with E-state index in [1.807, 2.05) is 22.8 Å². The molecule has 3 fully saturated rings. The average Bonchev–Trinajstić information content (AvgIpc) is 3.39. The lowest BCUT2D eigenvalue weighted by Gasteiger charge is -2.39. The molecule has 0 bridgehead atoms. The van der Waals surface area contributed by atoms with Crippen molar-refractivity contribution in [2.45, 2.75) is 57.9 Å². The molecule has 6 nitrogen and oxygen atoms in total. The van der Waals surface area contributed by atoms with Gasteiger partial charge in [-0.1, -0.05) is 19.1 Å². The highest BCUT2D eigenvalue weighted by molar-refractivity contribution is 5.87. The van der Waals surface area contributed by atoms with E-state index in [9.17, 15) is 18.0 Å². The van der Waals surface area contributed by atoms with E-state index in [4.69, 9.17) is 4.74 Å². The van der Waals surface area contributed by atoms with Crippen LogP contribution in [0.15, 0.2) is 36.5 Å². The van der Waals surface area contributed by atoms with Gasteiger partial charge in [0.25, 0.3) is 0 Å². The van der Waals surface area contributed by atoms with Crippen LogP contribution in [-0.2, 0) is 17.5 Å². The number of nitrogens with zero attached hydrogens (tertiary/aromatic N) is 3. The normalized spacial score (nSPS) is 28.2. The number of aromatic nitrogens is 1. The molecule has 3 unspecified atom stereocenters. The minimum Gasteiger partial charge on any atom is -0.496 e. The summed E-state index contributed by atoms with van der Waals surface area (Å²) in [5.74, 6) is 1.51. The van der Waals surface area contributed by atoms with Gasteiger partial charge in [0.2, 0.25) is 5.91 Å². The molecule has 1 amide bonds. The number of amides is 1. The van der Waals surface area contributed by atoms with Gasteiger partial charge in [0.1, 0.15) is 11.6 Å². The van der Waals surface area contributed by atoms with Crippen molar-refractivity contribution >= 4 is 11.7 Å². The van der Waals surface area contributed by atoms with Crippen LogP contribution in [0.4, 0.5) is 19.0 Å². The van der Waals surface area contributed by atoms with Crippen LogP contribution < -0.4 is 15.0 Å². The van der Waals surface area contributed by atoms with Gasteiger partial charge in [-0.15, -0.1) is 0 Å². The number of methoxy groups -OCH3 is 1. The first-order valence-electron chi connectivity index (χ1n) is 12.6. The molecule has 9 heteroatoms. The van der Waals surface area contributed by atoms with E-state index in [1.54, 1.807) is 7.11 Å². The number of benzene rings is 1. The zero-order valence-corrected chi connectivity index (χ0v) is 20.9. The number of fused-ring (bicyclic) bond motifs is 1. The number of anilines is 1. The Bertz CT molecular complexity index is 1140. The molecule has 1 aromatic heterocycles. The van der Waals surface area contributed by atoms with Gasteiger partial charge < -0.3 is 19.9 Å². The summed E-state index contributed by atoms with van der Waals surface area (Å²) >= 11 is 0. The molecule has 1 saturated carbocycles. The zero-order chi connectivity index (χ0) is 25.7. The van der Waals surface area contributed by atoms with Crippen LogP contribution >= 0.6 is 0 Å². The molecular formula is C27H33F3N4O2. The second-order valence-electron chi connectivity index (χ2n) is 10.5. The van der Waals surface area contributed by atoms with E-state index >= 15 is 0 Å². The number of hydrogen-bond acceptors (Lipinski definition) is 5. The van der Waals surface area contributed by atoms with E-state index in [1.165, 1.54) is 6.20 Å². The van der Waals surface area contributed by atoms with Gasteiger partial charge in [-0.3, -0.25) is 4.79 Å². The van der Waals surface area contributed by atoms with Gasteiger partial charge in [-0.05, 0) is 61.4 Å². The molecular weight excluding hydrogens is 469 g/mol. The maximum Gasteiger partial charge on any atom is 0.416 e. The van der Waals surface area contributed by atoms with Crippen LogP contribution in [0, 0.1) is 18.3 Å². The van der Waals surface area contributed by atoms with Crippen LogP contribution in [0.5, 0.6) is 5.75 Å². The number of alkyl halides is 3. The number of carbonyl (C=O) groups is 1. The fourth-order valence-corrected chi connectivity index (χ4v) is 6.41. The van der Waals surface area contributed by atoms with E-state index < -0.39 is 17.2 Å². The Labute approximate surface area is 209 Å². The summed E-state index contributed by atoms with van der Waals surface area (Å²) in [5.41, 5.74) is 1.13.